The Morgan fingerprint density at radius 1 is 0.717 bits per heavy atom. The minimum Gasteiger partial charge on any atom is -0.491 e. The zero-order valence-electron chi connectivity index (χ0n) is 29.9. The van der Waals surface area contributed by atoms with E-state index in [-0.39, 0.29) is 25.5 Å². The topological polar surface area (TPSA) is 76.2 Å². The number of ketones is 1. The number of rotatable bonds is 16. The van der Waals surface area contributed by atoms with Crippen molar-refractivity contribution in [2.45, 2.75) is 45.4 Å². The van der Waals surface area contributed by atoms with E-state index in [9.17, 15) is 13.2 Å². The zero-order chi connectivity index (χ0) is 36.6. The molecule has 0 N–H and O–H groups in total. The third-order valence-corrected chi connectivity index (χ3v) is 12.0. The Morgan fingerprint density at radius 3 is 2.08 bits per heavy atom. The van der Waals surface area contributed by atoms with Crippen LogP contribution in [0.25, 0.3) is 10.1 Å². The molecule has 272 valence electrons. The number of Topliss-reactive ketones (excluding diaryl/α,β-unsaturated/α-hetero) is 1. The molecule has 0 aliphatic heterocycles. The van der Waals surface area contributed by atoms with Crippen molar-refractivity contribution in [3.8, 4) is 11.5 Å². The summed E-state index contributed by atoms with van der Waals surface area (Å²) in [5, 5.41) is 1.31. The number of fused-ring (bicyclic) bond motifs is 3. The van der Waals surface area contributed by atoms with Crippen LogP contribution in [0.1, 0.15) is 50.3 Å². The van der Waals surface area contributed by atoms with Crippen LogP contribution in [-0.2, 0) is 42.6 Å². The fourth-order valence-corrected chi connectivity index (χ4v) is 9.12. The molecule has 1 aromatic heterocycles. The second-order valence-corrected chi connectivity index (χ2v) is 16.5. The average molecular weight is 745 g/mol. The molecular weight excluding hydrogens is 701 g/mol. The van der Waals surface area contributed by atoms with Crippen LogP contribution in [0.4, 0.5) is 5.69 Å². The van der Waals surface area contributed by atoms with Gasteiger partial charge in [-0.05, 0) is 77.6 Å². The van der Waals surface area contributed by atoms with Crippen molar-refractivity contribution in [3.05, 3.63) is 160 Å². The highest BCUT2D eigenvalue weighted by atomic mass is 32.2. The first kappa shape index (κ1) is 36.4. The second kappa shape index (κ2) is 16.8. The van der Waals surface area contributed by atoms with E-state index in [1.807, 2.05) is 96.3 Å². The van der Waals surface area contributed by atoms with Crippen LogP contribution in [0.3, 0.4) is 0 Å². The van der Waals surface area contributed by atoms with E-state index in [4.69, 9.17) is 9.47 Å². The van der Waals surface area contributed by atoms with E-state index in [1.54, 1.807) is 18.2 Å². The van der Waals surface area contributed by atoms with Crippen LogP contribution >= 0.6 is 11.3 Å². The van der Waals surface area contributed by atoms with Gasteiger partial charge in [-0.25, -0.2) is 8.42 Å². The predicted octanol–water partition coefficient (Wildman–Crippen LogP) is 9.09. The Hall–Kier alpha value is -4.96. The molecule has 7 rings (SSSR count). The van der Waals surface area contributed by atoms with Crippen molar-refractivity contribution < 1.29 is 22.7 Å². The molecule has 1 aliphatic carbocycles. The van der Waals surface area contributed by atoms with Crippen LogP contribution in [0.15, 0.2) is 127 Å². The van der Waals surface area contributed by atoms with Gasteiger partial charge in [0.2, 0.25) is 10.0 Å². The number of anilines is 1. The minimum absolute atomic E-state index is 0.0937. The summed E-state index contributed by atoms with van der Waals surface area (Å²) in [6, 6.07) is 40.6. The van der Waals surface area contributed by atoms with Gasteiger partial charge in [0.15, 0.2) is 5.78 Å². The fourth-order valence-electron chi connectivity index (χ4n) is 6.88. The summed E-state index contributed by atoms with van der Waals surface area (Å²) in [6.45, 7) is 1.96. The van der Waals surface area contributed by atoms with E-state index in [0.29, 0.717) is 36.7 Å². The summed E-state index contributed by atoms with van der Waals surface area (Å²) >= 11 is 1.85. The van der Waals surface area contributed by atoms with Gasteiger partial charge in [0.25, 0.3) is 0 Å². The minimum atomic E-state index is -3.77. The Kier molecular flexibility index (Phi) is 11.5. The lowest BCUT2D eigenvalue weighted by Crippen LogP contribution is -2.33. The van der Waals surface area contributed by atoms with Crippen LogP contribution in [0, 0.1) is 0 Å². The highest BCUT2D eigenvalue weighted by molar-refractivity contribution is 7.92. The number of ether oxygens (including phenoxy) is 2. The monoisotopic (exact) mass is 744 g/mol. The molecule has 9 heteroatoms. The van der Waals surface area contributed by atoms with Gasteiger partial charge in [-0.1, -0.05) is 103 Å². The summed E-state index contributed by atoms with van der Waals surface area (Å²) < 4.78 is 41.9. The first-order chi connectivity index (χ1) is 25.8. The van der Waals surface area contributed by atoms with Gasteiger partial charge in [0.1, 0.15) is 24.7 Å². The van der Waals surface area contributed by atoms with Crippen LogP contribution < -0.4 is 13.8 Å². The van der Waals surface area contributed by atoms with Crippen LogP contribution in [0.2, 0.25) is 0 Å². The van der Waals surface area contributed by atoms with E-state index in [1.165, 1.54) is 43.9 Å². The predicted molar refractivity (Wildman–Crippen MR) is 215 cm³/mol. The van der Waals surface area contributed by atoms with Gasteiger partial charge < -0.3 is 9.47 Å². The molecule has 0 radical (unpaired) electrons. The summed E-state index contributed by atoms with van der Waals surface area (Å²) in [5.41, 5.74) is 5.05. The number of aryl methyl sites for hydroxylation is 2. The molecule has 5 aromatic carbocycles. The number of benzene rings is 5. The molecule has 1 aliphatic rings. The summed E-state index contributed by atoms with van der Waals surface area (Å²) in [6.07, 6.45) is 5.91. The third kappa shape index (κ3) is 9.16. The summed E-state index contributed by atoms with van der Waals surface area (Å²) in [4.78, 5) is 17.7. The average Bonchev–Trinajstić information content (AvgIpc) is 3.56. The second-order valence-electron chi connectivity index (χ2n) is 13.5. The van der Waals surface area contributed by atoms with E-state index in [2.05, 4.69) is 29.2 Å². The molecule has 0 atom stereocenters. The maximum absolute atomic E-state index is 14.1. The van der Waals surface area contributed by atoms with E-state index < -0.39 is 10.0 Å². The Morgan fingerprint density at radius 2 is 1.38 bits per heavy atom. The van der Waals surface area contributed by atoms with Crippen LogP contribution in [-0.4, -0.2) is 45.1 Å². The molecule has 0 amide bonds. The number of hydrogen-bond acceptors (Lipinski definition) is 7. The van der Waals surface area contributed by atoms with Gasteiger partial charge >= 0.3 is 0 Å². The van der Waals surface area contributed by atoms with Crippen molar-refractivity contribution in [1.29, 1.82) is 0 Å². The Labute approximate surface area is 316 Å². The standard InChI is InChI=1S/C44H44N2O5S2/c1-53(48,49)46(30-34-16-7-3-8-17-34)39-28-36(24-25-41(39)51-32-35-18-9-4-10-19-35)40(47)31-45(29-33-14-5-2-6-15-33)26-27-50-42-22-13-21-38-37-20-11-12-23-43(37)52-44(38)42/h2-10,13-19,21-22,24-25,28H,11-12,20,23,26-27,29-32H2,1H3. The van der Waals surface area contributed by atoms with Gasteiger partial charge in [-0.15, -0.1) is 11.3 Å². The number of sulfonamides is 1. The molecule has 6 aromatic rings. The third-order valence-electron chi connectivity index (χ3n) is 9.58. The van der Waals surface area contributed by atoms with Gasteiger partial charge in [-0.3, -0.25) is 14.0 Å². The first-order valence-corrected chi connectivity index (χ1v) is 20.8. The summed E-state index contributed by atoms with van der Waals surface area (Å²) in [5.74, 6) is 1.15. The van der Waals surface area contributed by atoms with Crippen molar-refractivity contribution in [3.63, 3.8) is 0 Å². The smallest absolute Gasteiger partial charge is 0.232 e. The number of thiophene rings is 1. The van der Waals surface area contributed by atoms with E-state index >= 15 is 0 Å². The molecule has 0 bridgehead atoms. The highest BCUT2D eigenvalue weighted by Gasteiger charge is 2.25. The fraction of sp³-hybridized carbons (Fsp3) is 0.250. The van der Waals surface area contributed by atoms with Crippen molar-refractivity contribution in [2.75, 3.05) is 30.3 Å². The lowest BCUT2D eigenvalue weighted by molar-refractivity contribution is 0.0912. The Balaban J connectivity index is 1.14. The maximum Gasteiger partial charge on any atom is 0.232 e. The zero-order valence-corrected chi connectivity index (χ0v) is 31.6. The van der Waals surface area contributed by atoms with Crippen molar-refractivity contribution >= 4 is 42.9 Å². The van der Waals surface area contributed by atoms with Crippen molar-refractivity contribution in [1.82, 2.24) is 4.90 Å². The van der Waals surface area contributed by atoms with Gasteiger partial charge in [-0.2, -0.15) is 0 Å². The number of carbonyl (C=O) groups is 1. The first-order valence-electron chi connectivity index (χ1n) is 18.1. The molecule has 0 saturated carbocycles. The normalized spacial score (nSPS) is 12.8. The Bertz CT molecular complexity index is 2260. The molecule has 53 heavy (non-hydrogen) atoms. The molecular formula is C44H44N2O5S2. The van der Waals surface area contributed by atoms with Gasteiger partial charge in [0.05, 0.1) is 29.7 Å². The molecule has 0 unspecified atom stereocenters. The SMILES string of the molecule is CS(=O)(=O)N(Cc1ccccc1)c1cc(C(=O)CN(CCOc2cccc3c4c(sc23)CCCC4)Cc2ccccc2)ccc1OCc1ccccc1. The molecule has 0 saturated heterocycles. The largest absolute Gasteiger partial charge is 0.491 e. The van der Waals surface area contributed by atoms with Gasteiger partial charge in [0, 0.05) is 23.5 Å². The van der Waals surface area contributed by atoms with Crippen LogP contribution in [0.5, 0.6) is 11.5 Å². The maximum atomic E-state index is 14.1. The summed E-state index contributed by atoms with van der Waals surface area (Å²) in [7, 11) is -3.77. The number of nitrogens with zero attached hydrogens (tertiary/aromatic N) is 2. The molecule has 0 fully saturated rings. The molecule has 1 heterocycles. The number of hydrogen-bond donors (Lipinski definition) is 0. The highest BCUT2D eigenvalue weighted by Crippen LogP contribution is 2.41. The quantitative estimate of drug-likeness (QED) is 0.0921. The van der Waals surface area contributed by atoms with E-state index in [0.717, 1.165) is 35.3 Å². The molecule has 0 spiro atoms. The lowest BCUT2D eigenvalue weighted by Gasteiger charge is -2.26. The van der Waals surface area contributed by atoms with Crippen molar-refractivity contribution in [2.24, 2.45) is 0 Å². The molecule has 7 nitrogen and oxygen atoms in total. The lowest BCUT2D eigenvalue weighted by atomic mass is 9.96. The number of carbonyl (C=O) groups excluding carboxylic acids is 1.